The van der Waals surface area contributed by atoms with Gasteiger partial charge in [-0.15, -0.1) is 9.96 Å². The van der Waals surface area contributed by atoms with Crippen LogP contribution >= 0.6 is 12.2 Å². The lowest BCUT2D eigenvalue weighted by Gasteiger charge is -2.10. The summed E-state index contributed by atoms with van der Waals surface area (Å²) in [6.45, 7) is 7.70. The molecule has 0 unspecified atom stereocenters. The Kier molecular flexibility index (Phi) is 3.13. The van der Waals surface area contributed by atoms with E-state index < -0.39 is 0 Å². The van der Waals surface area contributed by atoms with Crippen LogP contribution in [0.4, 0.5) is 0 Å². The quantitative estimate of drug-likeness (QED) is 0.181. The second-order valence-corrected chi connectivity index (χ2v) is 2.38. The van der Waals surface area contributed by atoms with Gasteiger partial charge in [0.2, 0.25) is 0 Å². The molecule has 0 heterocycles. The van der Waals surface area contributed by atoms with Gasteiger partial charge in [0.15, 0.2) is 5.70 Å². The van der Waals surface area contributed by atoms with Crippen molar-refractivity contribution in [3.63, 3.8) is 0 Å². The highest BCUT2D eigenvalue weighted by molar-refractivity contribution is 8.01. The monoisotopic (exact) mass is 157 g/mol. The van der Waals surface area contributed by atoms with Gasteiger partial charge in [0.1, 0.15) is 0 Å². The Hall–Kier alpha value is -0.660. The molecule has 9 heavy (non-hydrogen) atoms. The van der Waals surface area contributed by atoms with Crippen molar-refractivity contribution >= 4 is 29.0 Å². The van der Waals surface area contributed by atoms with Crippen molar-refractivity contribution < 1.29 is 5.11 Å². The zero-order valence-corrected chi connectivity index (χ0v) is 6.30. The van der Waals surface area contributed by atoms with Gasteiger partial charge in [0.25, 0.3) is 0 Å². The SMILES string of the molecule is [C-]#[N+]/C(C(=S)[S-])=C(\C)[O-]. The zero-order valence-electron chi connectivity index (χ0n) is 4.67. The molecule has 0 saturated heterocycles. The van der Waals surface area contributed by atoms with Crippen molar-refractivity contribution in [2.75, 3.05) is 0 Å². The number of allylic oxidation sites excluding steroid dienone is 1. The van der Waals surface area contributed by atoms with E-state index in [2.05, 4.69) is 29.7 Å². The van der Waals surface area contributed by atoms with E-state index >= 15 is 0 Å². The summed E-state index contributed by atoms with van der Waals surface area (Å²) >= 11 is 8.87. The van der Waals surface area contributed by atoms with Gasteiger partial charge in [-0.3, -0.25) is 0 Å². The number of nitrogens with zero attached hydrogens (tertiary/aromatic N) is 1. The normalized spacial score (nSPS) is 11.6. The van der Waals surface area contributed by atoms with Gasteiger partial charge in [-0.1, -0.05) is 6.92 Å². The average molecular weight is 157 g/mol. The van der Waals surface area contributed by atoms with Crippen LogP contribution in [-0.2, 0) is 12.6 Å². The summed E-state index contributed by atoms with van der Waals surface area (Å²) in [6.07, 6.45) is 0. The fraction of sp³-hybridized carbons (Fsp3) is 0.200. The van der Waals surface area contributed by atoms with Crippen LogP contribution in [0.25, 0.3) is 4.85 Å². The Labute approximate surface area is 64.4 Å². The predicted molar refractivity (Wildman–Crippen MR) is 39.3 cm³/mol. The lowest BCUT2D eigenvalue weighted by Crippen LogP contribution is -2.05. The number of hydrogen-bond donors (Lipinski definition) is 0. The highest BCUT2D eigenvalue weighted by Crippen LogP contribution is 2.01. The molecule has 0 rings (SSSR count). The lowest BCUT2D eigenvalue weighted by atomic mass is 10.4. The third-order valence-electron chi connectivity index (χ3n) is 0.639. The van der Waals surface area contributed by atoms with Gasteiger partial charge in [-0.25, -0.2) is 4.85 Å². The van der Waals surface area contributed by atoms with E-state index in [1.165, 1.54) is 6.92 Å². The van der Waals surface area contributed by atoms with Crippen LogP contribution in [0.2, 0.25) is 0 Å². The Morgan fingerprint density at radius 2 is 2.22 bits per heavy atom. The van der Waals surface area contributed by atoms with E-state index in [4.69, 9.17) is 6.57 Å². The smallest absolute Gasteiger partial charge is 0.162 e. The maximum atomic E-state index is 10.4. The van der Waals surface area contributed by atoms with Crippen LogP contribution < -0.4 is 5.11 Å². The first-order valence-electron chi connectivity index (χ1n) is 2.06. The number of rotatable bonds is 1. The molecule has 0 radical (unpaired) electrons. The molecule has 0 N–H and O–H groups in total. The Bertz CT molecular complexity index is 197. The maximum Gasteiger partial charge on any atom is 0.162 e. The van der Waals surface area contributed by atoms with Gasteiger partial charge in [-0.2, -0.15) is 0 Å². The first kappa shape index (κ1) is 8.34. The molecule has 0 aliphatic heterocycles. The minimum Gasteiger partial charge on any atom is -0.884 e. The second kappa shape index (κ2) is 3.38. The van der Waals surface area contributed by atoms with E-state index in [1.54, 1.807) is 0 Å². The molecule has 0 aromatic carbocycles. The summed E-state index contributed by atoms with van der Waals surface area (Å²) in [5, 5.41) is 10.4. The highest BCUT2D eigenvalue weighted by atomic mass is 32.1. The first-order chi connectivity index (χ1) is 4.09. The third kappa shape index (κ3) is 2.40. The third-order valence-corrected chi connectivity index (χ3v) is 1.03. The minimum absolute atomic E-state index is 0.0440. The van der Waals surface area contributed by atoms with Gasteiger partial charge in [-0.05, 0) is 0 Å². The summed E-state index contributed by atoms with van der Waals surface area (Å²) < 4.78 is -0.0440. The summed E-state index contributed by atoms with van der Waals surface area (Å²) in [6, 6.07) is 0. The van der Waals surface area contributed by atoms with Crippen molar-refractivity contribution in [1.82, 2.24) is 0 Å². The molecular weight excluding hydrogens is 154 g/mol. The van der Waals surface area contributed by atoms with E-state index in [9.17, 15) is 5.11 Å². The molecule has 0 fully saturated rings. The summed E-state index contributed by atoms with van der Waals surface area (Å²) in [5.41, 5.74) is -0.111. The molecule has 0 aromatic rings. The van der Waals surface area contributed by atoms with E-state index in [-0.39, 0.29) is 15.7 Å². The topological polar surface area (TPSA) is 27.4 Å². The molecular formula is C5H3NOS2-2. The van der Waals surface area contributed by atoms with Gasteiger partial charge in [0.05, 0.1) is 6.57 Å². The standard InChI is InChI=1S/C5H5NOS2/c1-3(7)4(6-2)5(8)9/h7H,1H3,(H,8,9)/p-2/b4-3+. The van der Waals surface area contributed by atoms with Crippen LogP contribution in [0.1, 0.15) is 6.92 Å². The van der Waals surface area contributed by atoms with Crippen molar-refractivity contribution in [2.24, 2.45) is 0 Å². The van der Waals surface area contributed by atoms with Crippen LogP contribution in [0.5, 0.6) is 0 Å². The molecule has 0 aliphatic carbocycles. The van der Waals surface area contributed by atoms with Crippen molar-refractivity contribution in [1.29, 1.82) is 0 Å². The Morgan fingerprint density at radius 1 is 1.78 bits per heavy atom. The zero-order chi connectivity index (χ0) is 7.44. The fourth-order valence-electron chi connectivity index (χ4n) is 0.268. The molecule has 0 bridgehead atoms. The molecule has 4 heteroatoms. The summed E-state index contributed by atoms with van der Waals surface area (Å²) in [4.78, 5) is 2.86. The number of thiocarbonyl (C=S) groups is 1. The van der Waals surface area contributed by atoms with Crippen molar-refractivity contribution in [3.05, 3.63) is 22.9 Å². The maximum absolute atomic E-state index is 10.4. The first-order valence-corrected chi connectivity index (χ1v) is 2.88. The van der Waals surface area contributed by atoms with Crippen LogP contribution in [0.15, 0.2) is 11.5 Å². The van der Waals surface area contributed by atoms with Gasteiger partial charge < -0.3 is 30.0 Å². The highest BCUT2D eigenvalue weighted by Gasteiger charge is 1.87. The van der Waals surface area contributed by atoms with Crippen molar-refractivity contribution in [3.8, 4) is 0 Å². The summed E-state index contributed by atoms with van der Waals surface area (Å²) in [5.74, 6) is -0.356. The molecule has 0 spiro atoms. The van der Waals surface area contributed by atoms with Crippen LogP contribution in [0, 0.1) is 6.57 Å². The average Bonchev–Trinajstić information content (AvgIpc) is 1.64. The summed E-state index contributed by atoms with van der Waals surface area (Å²) in [7, 11) is 0. The molecule has 0 amide bonds. The van der Waals surface area contributed by atoms with Crippen LogP contribution in [0.3, 0.4) is 0 Å². The Balaban J connectivity index is 4.62. The molecule has 0 saturated carbocycles. The molecule has 0 aromatic heterocycles. The minimum atomic E-state index is -0.356. The van der Waals surface area contributed by atoms with Crippen molar-refractivity contribution in [2.45, 2.75) is 6.92 Å². The van der Waals surface area contributed by atoms with Gasteiger partial charge in [0, 0.05) is 0 Å². The molecule has 48 valence electrons. The van der Waals surface area contributed by atoms with Gasteiger partial charge >= 0.3 is 0 Å². The number of hydrogen-bond acceptors (Lipinski definition) is 3. The van der Waals surface area contributed by atoms with E-state index in [0.717, 1.165) is 0 Å². The van der Waals surface area contributed by atoms with E-state index in [1.807, 2.05) is 0 Å². The lowest BCUT2D eigenvalue weighted by molar-refractivity contribution is -0.302. The van der Waals surface area contributed by atoms with Crippen LogP contribution in [-0.4, -0.2) is 4.20 Å². The van der Waals surface area contributed by atoms with E-state index in [0.29, 0.717) is 0 Å². The Morgan fingerprint density at radius 3 is 2.22 bits per heavy atom. The fourth-order valence-corrected chi connectivity index (χ4v) is 0.647. The second-order valence-electron chi connectivity index (χ2n) is 1.30. The molecule has 0 atom stereocenters. The largest absolute Gasteiger partial charge is 0.884 e. The molecule has 2 nitrogen and oxygen atoms in total. The predicted octanol–water partition coefficient (Wildman–Crippen LogP) is 0.372. The molecule has 0 aliphatic rings.